The van der Waals surface area contributed by atoms with Crippen molar-refractivity contribution in [3.63, 3.8) is 0 Å². The Morgan fingerprint density at radius 1 is 0.473 bits per heavy atom. The summed E-state index contributed by atoms with van der Waals surface area (Å²) in [4.78, 5) is 92.6. The van der Waals surface area contributed by atoms with E-state index in [-0.39, 0.29) is 70.9 Å². The summed E-state index contributed by atoms with van der Waals surface area (Å²) in [5.41, 5.74) is 8.68. The van der Waals surface area contributed by atoms with E-state index in [2.05, 4.69) is 37.3 Å². The third kappa shape index (κ3) is 45.9. The molecule has 10 N–H and O–H groups in total. The van der Waals surface area contributed by atoms with Crippen LogP contribution in [0.5, 0.6) is 23.0 Å². The molecular weight excluding hydrogens is 2510 g/mol. The summed E-state index contributed by atoms with van der Waals surface area (Å²) >= 11 is 24.7. The third-order valence-electron chi connectivity index (χ3n) is 17.2. The third-order valence-corrected chi connectivity index (χ3v) is 65.7. The second-order valence-electron chi connectivity index (χ2n) is 29.1. The fourth-order valence-electron chi connectivity index (χ4n) is 11.1. The molecule has 0 amide bonds. The first-order valence-electron chi connectivity index (χ1n) is 40.0. The molecule has 3 saturated heterocycles. The Morgan fingerprint density at radius 2 is 0.760 bits per heavy atom. The van der Waals surface area contributed by atoms with Crippen molar-refractivity contribution in [3.8, 4) is 23.0 Å². The quantitative estimate of drug-likeness (QED) is 0.00485. The summed E-state index contributed by atoms with van der Waals surface area (Å²) in [6.07, 6.45) is -17.9. The van der Waals surface area contributed by atoms with Gasteiger partial charge in [0.15, 0.2) is 24.1 Å². The smallest absolute Gasteiger partial charge is 0.431 e. The number of carbonyl (C=O) groups excluding carboxylic acids is 3. The predicted molar refractivity (Wildman–Crippen MR) is 603 cm³/mol. The molecule has 0 aliphatic carbocycles. The van der Waals surface area contributed by atoms with Gasteiger partial charge in [-0.2, -0.15) is 41.3 Å². The zero-order chi connectivity index (χ0) is 108. The number of nitro groups is 1. The summed E-state index contributed by atoms with van der Waals surface area (Å²) in [7, 11) is 22.3. The Balaban J connectivity index is 0.000000383. The first-order chi connectivity index (χ1) is 68.5. The lowest BCUT2D eigenvalue weighted by Crippen LogP contribution is -2.42. The Bertz CT molecular complexity index is 6910. The van der Waals surface area contributed by atoms with Crippen LogP contribution in [0.4, 0.5) is 49.5 Å². The van der Waals surface area contributed by atoms with Crippen LogP contribution in [0, 0.1) is 27.9 Å². The second kappa shape index (κ2) is 68.1. The number of rotatable bonds is 32. The van der Waals surface area contributed by atoms with Crippen molar-refractivity contribution in [3.05, 3.63) is 193 Å². The van der Waals surface area contributed by atoms with E-state index in [4.69, 9.17) is 111 Å². The number of carbonyl (C=O) groups is 3. The molecule has 4 aromatic carbocycles. The second-order valence-corrected chi connectivity index (χ2v) is 72.6. The number of anilines is 3. The van der Waals surface area contributed by atoms with E-state index < -0.39 is 198 Å². The van der Waals surface area contributed by atoms with Crippen LogP contribution in [0.25, 0.3) is 0 Å². The number of esters is 3. The molecule has 7 aromatic rings. The molecule has 816 valence electrons. The number of nitrogen functional groups attached to an aromatic ring is 2. The number of aliphatic hydroxyl groups excluding tert-OH is 4. The lowest BCUT2D eigenvalue weighted by molar-refractivity contribution is -0.384. The normalized spacial score (nSPS) is 19.5. The topological polar surface area (TPSA) is 526 Å². The molecular formula is C73H92ClF6N10O28P3S25. The minimum Gasteiger partial charge on any atom is -0.463 e. The van der Waals surface area contributed by atoms with Gasteiger partial charge in [0.25, 0.3) is 5.69 Å². The Kier molecular flexibility index (Phi) is 62.4. The van der Waals surface area contributed by atoms with E-state index in [9.17, 15) is 94.2 Å². The molecule has 0 spiro atoms. The first-order valence-corrected chi connectivity index (χ1v) is 76.2. The molecule has 38 nitrogen and oxygen atoms in total. The molecule has 10 rings (SSSR count). The summed E-state index contributed by atoms with van der Waals surface area (Å²) in [5, 5.41) is 58.2. The number of nitro benzene ring substituents is 1. The number of nitrogens with one attached hydrogen (secondary N) is 1. The van der Waals surface area contributed by atoms with Crippen molar-refractivity contribution in [2.75, 3.05) is 55.3 Å². The SMILES string of the molecule is C.CC(C)OC(=O)[C@H](C)CP(=O)(OC[C@H]1O[C@@H](n2ccc(N)nc2=O)C(F)(F)[C@H]1O)Oc1ccccc1.CC(C)OC(=O)[C@H](C)CP(=O)(OC[C@H]1O[C@@H](n2ccc(NO)nc2=O)C(F)(F)[C@H]1O)Oc1ccccc1.CC(C)OC(=O)[C@H](C)CP(=O)(Oc1ccccc1)Oc1ccc([N+](=O)[O-])cc1Cl.Nc1ccn([C@@H]2O[C@H](CO)[C@H](O)C2(F)F)c(=O)n1.S=S=S=S=S=S=S.S=S=S=S=S=S=S=S=S=S=S=S=S=S=S=S=S=S. The zero-order valence-corrected chi connectivity index (χ0v) is 99.2. The van der Waals surface area contributed by atoms with Gasteiger partial charge in [0.2, 0.25) is 18.7 Å². The van der Waals surface area contributed by atoms with Gasteiger partial charge in [-0.3, -0.25) is 57.9 Å². The predicted octanol–water partition coefficient (Wildman–Crippen LogP) is 10.2. The average molecular weight is 2600 g/mol. The summed E-state index contributed by atoms with van der Waals surface area (Å²) < 4.78 is 193. The Morgan fingerprint density at radius 3 is 1.04 bits per heavy atom. The van der Waals surface area contributed by atoms with Gasteiger partial charge in [-0.1, -0.05) is 94.4 Å². The van der Waals surface area contributed by atoms with Crippen LogP contribution in [-0.4, -0.2) is 188 Å². The number of aromatic nitrogens is 6. The monoisotopic (exact) mass is 2600 g/mol. The van der Waals surface area contributed by atoms with Crippen molar-refractivity contribution >= 4 is 307 Å². The molecule has 3 aromatic heterocycles. The number of non-ortho nitro benzene ring substituents is 1. The largest absolute Gasteiger partial charge is 0.463 e. The highest BCUT2D eigenvalue weighted by molar-refractivity contribution is 8.77. The fourth-order valence-corrected chi connectivity index (χ4v) is 63.7. The number of nitrogens with two attached hydrogens (primary N) is 2. The van der Waals surface area contributed by atoms with Gasteiger partial charge in [-0.05, 0) is 102 Å². The molecule has 15 atom stereocenters. The van der Waals surface area contributed by atoms with Gasteiger partial charge >= 0.3 is 75.5 Å². The van der Waals surface area contributed by atoms with Crippen LogP contribution in [0.15, 0.2) is 160 Å². The highest BCUT2D eigenvalue weighted by atomic mass is 35.5. The van der Waals surface area contributed by atoms with Gasteiger partial charge in [0.05, 0.1) is 84.3 Å². The van der Waals surface area contributed by atoms with E-state index in [1.54, 1.807) is 272 Å². The minimum atomic E-state index is -4.18. The molecule has 0 radical (unpaired) electrons. The maximum atomic E-state index is 14.9. The highest BCUT2D eigenvalue weighted by Gasteiger charge is 2.63. The molecule has 73 heteroatoms. The van der Waals surface area contributed by atoms with Gasteiger partial charge in [-0.25, -0.2) is 28.1 Å². The van der Waals surface area contributed by atoms with E-state index in [0.717, 1.165) is 42.9 Å². The maximum Gasteiger partial charge on any atom is 0.431 e. The summed E-state index contributed by atoms with van der Waals surface area (Å²) in [6, 6.07) is 30.9. The van der Waals surface area contributed by atoms with E-state index in [1.807, 2.05) is 0 Å². The number of hydrogen-bond donors (Lipinski definition) is 8. The molecule has 3 fully saturated rings. The van der Waals surface area contributed by atoms with Gasteiger partial charge in [-0.15, -0.1) is 0 Å². The lowest BCUT2D eigenvalue weighted by Gasteiger charge is -2.24. The molecule has 3 unspecified atom stereocenters. The van der Waals surface area contributed by atoms with Crippen LogP contribution in [0.3, 0.4) is 0 Å². The minimum absolute atomic E-state index is 0. The van der Waals surface area contributed by atoms with Gasteiger partial charge in [0, 0.05) is 262 Å². The first kappa shape index (κ1) is 134. The van der Waals surface area contributed by atoms with Crippen molar-refractivity contribution in [2.24, 2.45) is 17.8 Å². The number of halogens is 7. The number of nitrogens with zero attached hydrogens (tertiary/aromatic N) is 7. The zero-order valence-electron chi connectivity index (χ0n) is 75.4. The lowest BCUT2D eigenvalue weighted by atomic mass is 10.1. The number of hydrogen-bond acceptors (Lipinski definition) is 38. The molecule has 6 heterocycles. The highest BCUT2D eigenvalue weighted by Crippen LogP contribution is 2.55. The Labute approximate surface area is 915 Å². The van der Waals surface area contributed by atoms with Crippen molar-refractivity contribution < 1.29 is 141 Å². The van der Waals surface area contributed by atoms with Crippen LogP contribution < -0.4 is 52.1 Å². The van der Waals surface area contributed by atoms with Crippen molar-refractivity contribution in [1.29, 1.82) is 0 Å². The van der Waals surface area contributed by atoms with Crippen LogP contribution in [-0.2, 0) is 297 Å². The van der Waals surface area contributed by atoms with Gasteiger partial charge < -0.3 is 78.4 Å². The van der Waals surface area contributed by atoms with Crippen LogP contribution >= 0.6 is 34.4 Å². The molecule has 3 aliphatic heterocycles. The van der Waals surface area contributed by atoms with E-state index in [1.165, 1.54) is 85.8 Å². The van der Waals surface area contributed by atoms with Gasteiger partial charge in [0.1, 0.15) is 52.9 Å². The van der Waals surface area contributed by atoms with E-state index in [0.29, 0.717) is 13.7 Å². The van der Waals surface area contributed by atoms with Crippen LogP contribution in [0.1, 0.15) is 88.4 Å². The van der Waals surface area contributed by atoms with Crippen LogP contribution in [0.2, 0.25) is 5.02 Å². The molecule has 0 bridgehead atoms. The summed E-state index contributed by atoms with van der Waals surface area (Å²) in [5.74, 6) is -16.2. The number of alkyl halides is 6. The number of benzene rings is 4. The average Bonchev–Trinajstić information content (AvgIpc) is 1.62. The Hall–Kier alpha value is -4.41. The number of ether oxygens (including phenoxy) is 6. The molecule has 3 aliphatic rings. The number of para-hydroxylation sites is 3. The standard InChI is InChI=1S/C22H28F2N3O9P.C22H28F2N3O8P.C19H21ClNO7P.C9H11F2N3O4.CH4.S18.S7/c1-13(2)34-19(29)14(3)12-37(32,36-15-7-5-4-6-8-15)33-11-16-18(28)22(23,24)20(35-16)27-10-9-17(26-31)25-21(27)30;1-13(2)33-19(29)14(3)12-36(31,35-15-7-5-4-6-8-15)32-11-16-18(28)22(23,24)20(34-16)27-10-9-17(25)26-21(27)30;1-13(2)26-19(22)14(3)12-29(25,27-16-7-5-4-6-8-16)28-18-10-9-15(21(23)24)11-17(18)20;10-9(11)6(16)4(3-15)18-7(9)14-2-1-5(12)13-8(14)17;;1-3-5-7-9-11-13-15-17-18-16-14-12-10-8-6-4-2;1-3-5-7-6-4-2/h4-10,13-14,16,18,20,28,31H,11-12H2,1-3H3,(H,25,26,30);4-10,13-14,16,18,20,28H,11-12H2,1-3H3,(H2,25,26,30);4-11,13-14H,12H2,1-3H3;1-2,4,6-7,15-16H,3H2,(H2,12,13,17);1H4;;/t14-,16-,18+,20-,37?;14-,16-,18+,20-,36?;14-,29?;4-,6+,7-;;;/m1111.../s1. The molecule has 146 heavy (non-hydrogen) atoms. The number of aliphatic hydroxyl groups is 4. The van der Waals surface area contributed by atoms with Crippen molar-refractivity contribution in [2.45, 2.75) is 161 Å². The molecule has 0 saturated carbocycles. The fraction of sp³-hybridized carbons (Fsp3) is 0.466. The van der Waals surface area contributed by atoms with E-state index >= 15 is 0 Å². The maximum absolute atomic E-state index is 14.9. The summed E-state index contributed by atoms with van der Waals surface area (Å²) in [6.45, 7) is 12.1. The van der Waals surface area contributed by atoms with Crippen molar-refractivity contribution in [1.82, 2.24) is 28.7 Å².